The summed E-state index contributed by atoms with van der Waals surface area (Å²) in [5.74, 6) is -0.393. The molecule has 0 radical (unpaired) electrons. The van der Waals surface area contributed by atoms with Crippen LogP contribution in [0.4, 0.5) is 11.4 Å². The van der Waals surface area contributed by atoms with E-state index in [1.54, 1.807) is 39.3 Å². The maximum absolute atomic E-state index is 14.0. The van der Waals surface area contributed by atoms with Crippen LogP contribution in [0.1, 0.15) is 48.3 Å². The molecule has 10 heteroatoms. The molecular formula is C32H30ClN3O6. The lowest BCUT2D eigenvalue weighted by molar-refractivity contribution is -0.384. The van der Waals surface area contributed by atoms with E-state index >= 15 is 0 Å². The number of ether oxygens (including phenoxy) is 2. The quantitative estimate of drug-likeness (QED) is 0.237. The van der Waals surface area contributed by atoms with Gasteiger partial charge in [-0.2, -0.15) is 0 Å². The molecule has 2 atom stereocenters. The zero-order chi connectivity index (χ0) is 30.1. The van der Waals surface area contributed by atoms with Gasteiger partial charge in [0.15, 0.2) is 17.3 Å². The van der Waals surface area contributed by atoms with E-state index in [4.69, 9.17) is 21.1 Å². The van der Waals surface area contributed by atoms with Crippen molar-refractivity contribution in [3.05, 3.63) is 115 Å². The molecule has 9 nitrogen and oxygen atoms in total. The molecule has 1 heterocycles. The van der Waals surface area contributed by atoms with Crippen molar-refractivity contribution in [2.75, 3.05) is 19.5 Å². The predicted molar refractivity (Wildman–Crippen MR) is 160 cm³/mol. The number of carbonyl (C=O) groups excluding carboxylic acids is 2. The molecular weight excluding hydrogens is 558 g/mol. The second kappa shape index (κ2) is 11.7. The van der Waals surface area contributed by atoms with Crippen LogP contribution in [0.2, 0.25) is 5.02 Å². The fraction of sp³-hybridized carbons (Fsp3) is 0.250. The lowest BCUT2D eigenvalue weighted by atomic mass is 9.71. The van der Waals surface area contributed by atoms with E-state index in [2.05, 4.69) is 10.6 Å². The van der Waals surface area contributed by atoms with E-state index in [1.165, 1.54) is 12.1 Å². The Morgan fingerprint density at radius 1 is 0.976 bits per heavy atom. The molecule has 1 aliphatic heterocycles. The molecule has 3 aromatic rings. The molecule has 0 saturated carbocycles. The van der Waals surface area contributed by atoms with Crippen LogP contribution in [0.25, 0.3) is 0 Å². The van der Waals surface area contributed by atoms with Crippen molar-refractivity contribution >= 4 is 34.7 Å². The van der Waals surface area contributed by atoms with Crippen LogP contribution in [-0.2, 0) is 9.59 Å². The van der Waals surface area contributed by atoms with Crippen molar-refractivity contribution in [3.8, 4) is 11.5 Å². The van der Waals surface area contributed by atoms with E-state index in [9.17, 15) is 19.7 Å². The number of hydrogen-bond acceptors (Lipinski definition) is 7. The molecule has 2 N–H and O–H groups in total. The monoisotopic (exact) mass is 587 g/mol. The van der Waals surface area contributed by atoms with Gasteiger partial charge < -0.3 is 20.1 Å². The predicted octanol–water partition coefficient (Wildman–Crippen LogP) is 6.57. The van der Waals surface area contributed by atoms with Crippen LogP contribution in [0.15, 0.2) is 83.2 Å². The van der Waals surface area contributed by atoms with Gasteiger partial charge in [0, 0.05) is 46.6 Å². The molecule has 0 saturated heterocycles. The zero-order valence-corrected chi connectivity index (χ0v) is 24.4. The van der Waals surface area contributed by atoms with Gasteiger partial charge in [0.2, 0.25) is 0 Å². The Morgan fingerprint density at radius 2 is 1.67 bits per heavy atom. The fourth-order valence-electron chi connectivity index (χ4n) is 5.70. The lowest BCUT2D eigenvalue weighted by Gasteiger charge is -2.37. The van der Waals surface area contributed by atoms with Gasteiger partial charge in [-0.3, -0.25) is 19.7 Å². The first-order chi connectivity index (χ1) is 20.1. The summed E-state index contributed by atoms with van der Waals surface area (Å²) in [6.45, 7) is 3.72. The summed E-state index contributed by atoms with van der Waals surface area (Å²) < 4.78 is 10.8. The van der Waals surface area contributed by atoms with Gasteiger partial charge >= 0.3 is 0 Å². The van der Waals surface area contributed by atoms with Crippen LogP contribution < -0.4 is 20.1 Å². The number of methoxy groups -OCH3 is 2. The Bertz CT molecular complexity index is 1660. The molecule has 216 valence electrons. The lowest BCUT2D eigenvalue weighted by Crippen LogP contribution is -2.37. The van der Waals surface area contributed by atoms with E-state index < -0.39 is 16.7 Å². The SMILES string of the molecule is COc1ccc([C@H]2CC(=O)C3=C(C2)NC(C)=C(C(=O)Nc2ccc(C)cc2)[C@@H]3c2ccc(Cl)c([N+](=O)[O-])c2)cc1OC. The molecule has 3 aromatic carbocycles. The summed E-state index contributed by atoms with van der Waals surface area (Å²) >= 11 is 6.13. The molecule has 1 amide bonds. The first-order valence-corrected chi connectivity index (χ1v) is 13.8. The van der Waals surface area contributed by atoms with Gasteiger partial charge in [-0.05, 0) is 67.6 Å². The molecule has 0 bridgehead atoms. The van der Waals surface area contributed by atoms with Gasteiger partial charge in [0.1, 0.15) is 5.02 Å². The highest BCUT2D eigenvalue weighted by atomic mass is 35.5. The highest BCUT2D eigenvalue weighted by Gasteiger charge is 2.41. The maximum Gasteiger partial charge on any atom is 0.288 e. The molecule has 1 aliphatic carbocycles. The fourth-order valence-corrected chi connectivity index (χ4v) is 5.89. The Balaban J connectivity index is 1.59. The van der Waals surface area contributed by atoms with Crippen LogP contribution in [-0.4, -0.2) is 30.8 Å². The number of allylic oxidation sites excluding steroid dienone is 3. The van der Waals surface area contributed by atoms with E-state index in [-0.39, 0.29) is 28.8 Å². The van der Waals surface area contributed by atoms with E-state index in [0.717, 1.165) is 11.1 Å². The third-order valence-corrected chi connectivity index (χ3v) is 8.08. The number of carbonyl (C=O) groups is 2. The van der Waals surface area contributed by atoms with Crippen molar-refractivity contribution in [2.45, 2.75) is 38.5 Å². The second-order valence-electron chi connectivity index (χ2n) is 10.4. The Hall–Kier alpha value is -4.63. The number of hydrogen-bond donors (Lipinski definition) is 2. The molecule has 0 unspecified atom stereocenters. The van der Waals surface area contributed by atoms with Crippen molar-refractivity contribution < 1.29 is 24.0 Å². The Morgan fingerprint density at radius 3 is 2.33 bits per heavy atom. The number of nitro benzene ring substituents is 1. The highest BCUT2D eigenvalue weighted by molar-refractivity contribution is 6.32. The minimum atomic E-state index is -0.832. The number of nitro groups is 1. The maximum atomic E-state index is 14.0. The van der Waals surface area contributed by atoms with Crippen molar-refractivity contribution in [1.29, 1.82) is 0 Å². The molecule has 0 aromatic heterocycles. The normalized spacial score (nSPS) is 18.3. The first-order valence-electron chi connectivity index (χ1n) is 13.4. The minimum absolute atomic E-state index is 0.0262. The van der Waals surface area contributed by atoms with Gasteiger partial charge in [0.05, 0.1) is 19.1 Å². The van der Waals surface area contributed by atoms with Gasteiger partial charge in [-0.15, -0.1) is 0 Å². The van der Waals surface area contributed by atoms with Gasteiger partial charge in [-0.1, -0.05) is 41.4 Å². The van der Waals surface area contributed by atoms with Crippen LogP contribution in [0, 0.1) is 17.0 Å². The highest BCUT2D eigenvalue weighted by Crippen LogP contribution is 2.47. The number of Topliss-reactive ketones (excluding diaryl/α,β-unsaturated/α-hetero) is 1. The Kier molecular flexibility index (Phi) is 8.04. The number of nitrogens with zero attached hydrogens (tertiary/aromatic N) is 1. The number of aryl methyl sites for hydroxylation is 1. The minimum Gasteiger partial charge on any atom is -0.493 e. The summed E-state index contributed by atoms with van der Waals surface area (Å²) in [5.41, 5.74) is 4.66. The summed E-state index contributed by atoms with van der Waals surface area (Å²) in [6, 6.07) is 17.4. The third-order valence-electron chi connectivity index (χ3n) is 7.76. The zero-order valence-electron chi connectivity index (χ0n) is 23.6. The van der Waals surface area contributed by atoms with Crippen molar-refractivity contribution in [2.24, 2.45) is 0 Å². The topological polar surface area (TPSA) is 120 Å². The number of dihydropyridines is 1. The number of halogens is 1. The molecule has 42 heavy (non-hydrogen) atoms. The summed E-state index contributed by atoms with van der Waals surface area (Å²) in [6.07, 6.45) is 0.682. The first kappa shape index (κ1) is 28.9. The number of rotatable bonds is 7. The Labute approximate surface area is 248 Å². The van der Waals surface area contributed by atoms with Gasteiger partial charge in [-0.25, -0.2) is 0 Å². The standard InChI is InChI=1S/C32H30ClN3O6/c1-17-5-9-22(10-6-17)35-32(38)29-18(2)34-24-13-21(19-8-12-27(41-3)28(16-19)42-4)15-26(37)31(24)30(29)20-7-11-23(33)25(14-20)36(39)40/h5-12,14,16,21,30,34H,13,15H2,1-4H3,(H,35,38)/t21-,30+/m1/s1. The third kappa shape index (κ3) is 5.47. The van der Waals surface area contributed by atoms with Crippen LogP contribution in [0.5, 0.6) is 11.5 Å². The van der Waals surface area contributed by atoms with Crippen LogP contribution >= 0.6 is 11.6 Å². The summed E-state index contributed by atoms with van der Waals surface area (Å²) in [7, 11) is 3.12. The van der Waals surface area contributed by atoms with Crippen molar-refractivity contribution in [1.82, 2.24) is 5.32 Å². The number of ketones is 1. The smallest absolute Gasteiger partial charge is 0.288 e. The van der Waals surface area contributed by atoms with E-state index in [0.29, 0.717) is 51.7 Å². The average Bonchev–Trinajstić information content (AvgIpc) is 2.97. The molecule has 5 rings (SSSR count). The van der Waals surface area contributed by atoms with Crippen LogP contribution in [0.3, 0.4) is 0 Å². The molecule has 2 aliphatic rings. The number of amides is 1. The second-order valence-corrected chi connectivity index (χ2v) is 10.8. The number of anilines is 1. The van der Waals surface area contributed by atoms with Crippen molar-refractivity contribution in [3.63, 3.8) is 0 Å². The van der Waals surface area contributed by atoms with E-state index in [1.807, 2.05) is 37.3 Å². The summed E-state index contributed by atoms with van der Waals surface area (Å²) in [5, 5.41) is 18.0. The largest absolute Gasteiger partial charge is 0.493 e. The number of benzene rings is 3. The van der Waals surface area contributed by atoms with Gasteiger partial charge in [0.25, 0.3) is 11.6 Å². The average molecular weight is 588 g/mol. The molecule has 0 spiro atoms. The molecule has 0 fully saturated rings. The summed E-state index contributed by atoms with van der Waals surface area (Å²) in [4.78, 5) is 39.0. The number of nitrogens with one attached hydrogen (secondary N) is 2.